The van der Waals surface area contributed by atoms with Crippen LogP contribution in [0.2, 0.25) is 0 Å². The summed E-state index contributed by atoms with van der Waals surface area (Å²) in [6.45, 7) is 0. The topological polar surface area (TPSA) is 53.5 Å². The zero-order valence-electron chi connectivity index (χ0n) is 15.3. The van der Waals surface area contributed by atoms with Crippen LogP contribution in [0.1, 0.15) is 57.8 Å². The van der Waals surface area contributed by atoms with Gasteiger partial charge in [-0.3, -0.25) is 0 Å². The molecule has 1 aromatic rings. The molecule has 4 aliphatic rings. The molecule has 0 radical (unpaired) electrons. The van der Waals surface area contributed by atoms with E-state index in [4.69, 9.17) is 4.74 Å². The zero-order chi connectivity index (χ0) is 17.2. The van der Waals surface area contributed by atoms with Crippen LogP contribution in [0.5, 0.6) is 5.75 Å². The smallest absolute Gasteiger partial charge is 0.144 e. The predicted molar refractivity (Wildman–Crippen MR) is 102 cm³/mol. The lowest BCUT2D eigenvalue weighted by atomic mass is 9.60. The number of unbranched alkanes of at least 4 members (excludes halogenated alkanes) is 2. The molecule has 1 aromatic carbocycles. The second-order valence-corrected chi connectivity index (χ2v) is 8.43. The van der Waals surface area contributed by atoms with Crippen molar-refractivity contribution in [2.24, 2.45) is 17.8 Å². The lowest BCUT2D eigenvalue weighted by molar-refractivity contribution is 0.0623. The normalized spacial score (nSPS) is 32.8. The summed E-state index contributed by atoms with van der Waals surface area (Å²) < 4.78 is 5.24. The van der Waals surface area contributed by atoms with Crippen LogP contribution in [-0.2, 0) is 0 Å². The van der Waals surface area contributed by atoms with Gasteiger partial charge in [0.05, 0.1) is 24.5 Å². The maximum absolute atomic E-state index is 10.4. The molecule has 0 amide bonds. The van der Waals surface area contributed by atoms with E-state index in [0.29, 0.717) is 0 Å². The summed E-state index contributed by atoms with van der Waals surface area (Å²) in [4.78, 5) is 0. The molecule has 5 rings (SSSR count). The fourth-order valence-corrected chi connectivity index (χ4v) is 5.17. The monoisotopic (exact) mass is 344 g/mol. The highest BCUT2D eigenvalue weighted by Crippen LogP contribution is 2.49. The molecule has 0 saturated heterocycles. The summed E-state index contributed by atoms with van der Waals surface area (Å²) in [6, 6.07) is 5.99. The third-order valence-electron chi connectivity index (χ3n) is 6.55. The average Bonchev–Trinajstić information content (AvgIpc) is 2.60. The number of fused-ring (bicyclic) bond motifs is 3. The van der Waals surface area contributed by atoms with Crippen molar-refractivity contribution >= 4 is 11.4 Å². The van der Waals surface area contributed by atoms with Crippen molar-refractivity contribution in [3.63, 3.8) is 0 Å². The lowest BCUT2D eigenvalue weighted by Crippen LogP contribution is -2.42. The highest BCUT2D eigenvalue weighted by molar-refractivity contribution is 5.73. The third kappa shape index (κ3) is 3.89. The van der Waals surface area contributed by atoms with Gasteiger partial charge < -0.3 is 20.5 Å². The van der Waals surface area contributed by atoms with E-state index >= 15 is 0 Å². The number of hydrogen-bond acceptors (Lipinski definition) is 4. The van der Waals surface area contributed by atoms with Crippen LogP contribution >= 0.6 is 0 Å². The fraction of sp³-hybridized carbons (Fsp3) is 0.714. The van der Waals surface area contributed by atoms with Gasteiger partial charge in [-0.25, -0.2) is 0 Å². The molecule has 0 spiro atoms. The fourth-order valence-electron chi connectivity index (χ4n) is 5.17. The Balaban J connectivity index is 1.18. The molecule has 2 atom stereocenters. The van der Waals surface area contributed by atoms with E-state index in [2.05, 4.69) is 10.6 Å². The Kier molecular flexibility index (Phi) is 5.07. The minimum absolute atomic E-state index is 0.0863. The summed E-state index contributed by atoms with van der Waals surface area (Å²) in [5, 5.41) is 17.0. The maximum atomic E-state index is 10.4. The van der Waals surface area contributed by atoms with Crippen LogP contribution in [0, 0.1) is 17.8 Å². The average molecular weight is 344 g/mol. The molecule has 3 N–H and O–H groups in total. The van der Waals surface area contributed by atoms with E-state index in [1.807, 2.05) is 18.2 Å². The van der Waals surface area contributed by atoms with Gasteiger partial charge in [-0.2, -0.15) is 0 Å². The molecule has 1 aliphatic heterocycles. The summed E-state index contributed by atoms with van der Waals surface area (Å²) in [5.74, 6) is 3.98. The van der Waals surface area contributed by atoms with E-state index < -0.39 is 6.23 Å². The Hall–Kier alpha value is -1.42. The van der Waals surface area contributed by atoms with Crippen LogP contribution in [0.4, 0.5) is 11.4 Å². The lowest BCUT2D eigenvalue weighted by Gasteiger charge is -2.45. The van der Waals surface area contributed by atoms with E-state index in [1.165, 1.54) is 51.4 Å². The standard InChI is InChI=1S/C21H32N2O2/c1-25-17-7-8-18-20(13-17)23-21(24)19(22-18)6-4-2-3-5-14-9-15-11-16(10-14)12-15/h7-8,13-16,19,21-24H,2-6,9-12H2,1H3. The van der Waals surface area contributed by atoms with Crippen LogP contribution < -0.4 is 15.4 Å². The summed E-state index contributed by atoms with van der Waals surface area (Å²) in [5.41, 5.74) is 1.97. The van der Waals surface area contributed by atoms with Crippen molar-refractivity contribution in [2.75, 3.05) is 17.7 Å². The molecule has 3 aliphatic carbocycles. The van der Waals surface area contributed by atoms with Crippen molar-refractivity contribution < 1.29 is 9.84 Å². The van der Waals surface area contributed by atoms with Gasteiger partial charge in [-0.05, 0) is 62.0 Å². The molecule has 4 heteroatoms. The number of aliphatic hydroxyl groups excluding tert-OH is 1. The predicted octanol–water partition coefficient (Wildman–Crippen LogP) is 4.61. The molecule has 3 saturated carbocycles. The summed E-state index contributed by atoms with van der Waals surface area (Å²) in [6.07, 6.45) is 11.8. The van der Waals surface area contributed by atoms with Crippen molar-refractivity contribution in [1.82, 2.24) is 0 Å². The first-order valence-electron chi connectivity index (χ1n) is 10.1. The highest BCUT2D eigenvalue weighted by atomic mass is 16.5. The summed E-state index contributed by atoms with van der Waals surface area (Å²) >= 11 is 0. The number of anilines is 2. The Labute approximate surface area is 151 Å². The number of methoxy groups -OCH3 is 1. The van der Waals surface area contributed by atoms with E-state index in [0.717, 1.165) is 41.3 Å². The Morgan fingerprint density at radius 3 is 2.48 bits per heavy atom. The van der Waals surface area contributed by atoms with Gasteiger partial charge in [0.1, 0.15) is 12.0 Å². The van der Waals surface area contributed by atoms with Gasteiger partial charge in [0, 0.05) is 6.07 Å². The van der Waals surface area contributed by atoms with Gasteiger partial charge in [0.25, 0.3) is 0 Å². The number of rotatable bonds is 7. The molecule has 2 bridgehead atoms. The van der Waals surface area contributed by atoms with Gasteiger partial charge >= 0.3 is 0 Å². The minimum Gasteiger partial charge on any atom is -0.497 e. The van der Waals surface area contributed by atoms with Crippen molar-refractivity contribution in [3.8, 4) is 5.75 Å². The van der Waals surface area contributed by atoms with E-state index in [1.54, 1.807) is 7.11 Å². The number of nitrogens with one attached hydrogen (secondary N) is 2. The van der Waals surface area contributed by atoms with Crippen LogP contribution in [-0.4, -0.2) is 24.5 Å². The molecule has 25 heavy (non-hydrogen) atoms. The van der Waals surface area contributed by atoms with Gasteiger partial charge in [-0.1, -0.05) is 25.7 Å². The Bertz CT molecular complexity index is 575. The van der Waals surface area contributed by atoms with Gasteiger partial charge in [-0.15, -0.1) is 0 Å². The van der Waals surface area contributed by atoms with Gasteiger partial charge in [0.2, 0.25) is 0 Å². The second-order valence-electron chi connectivity index (χ2n) is 8.43. The first-order chi connectivity index (χ1) is 12.2. The SMILES string of the molecule is COc1ccc2c(c1)NC(O)C(CCCCCC1CC3CC(C1)C3)N2. The highest BCUT2D eigenvalue weighted by Gasteiger charge is 2.37. The summed E-state index contributed by atoms with van der Waals surface area (Å²) in [7, 11) is 1.66. The molecule has 4 nitrogen and oxygen atoms in total. The number of ether oxygens (including phenoxy) is 1. The van der Waals surface area contributed by atoms with Crippen molar-refractivity contribution in [1.29, 1.82) is 0 Å². The molecule has 3 fully saturated rings. The Morgan fingerprint density at radius 1 is 0.960 bits per heavy atom. The quantitative estimate of drug-likeness (QED) is 0.633. The zero-order valence-corrected chi connectivity index (χ0v) is 15.3. The Morgan fingerprint density at radius 2 is 1.72 bits per heavy atom. The van der Waals surface area contributed by atoms with Crippen LogP contribution in [0.25, 0.3) is 0 Å². The molecule has 2 unspecified atom stereocenters. The third-order valence-corrected chi connectivity index (χ3v) is 6.55. The van der Waals surface area contributed by atoms with E-state index in [-0.39, 0.29) is 6.04 Å². The van der Waals surface area contributed by atoms with Crippen LogP contribution in [0.15, 0.2) is 18.2 Å². The maximum Gasteiger partial charge on any atom is 0.144 e. The van der Waals surface area contributed by atoms with Crippen molar-refractivity contribution in [2.45, 2.75) is 70.1 Å². The number of benzene rings is 1. The molecular weight excluding hydrogens is 312 g/mol. The first-order valence-corrected chi connectivity index (χ1v) is 10.1. The second kappa shape index (κ2) is 7.45. The first kappa shape index (κ1) is 17.0. The molecule has 0 aromatic heterocycles. The number of aliphatic hydroxyl groups is 1. The molecule has 1 heterocycles. The van der Waals surface area contributed by atoms with E-state index in [9.17, 15) is 5.11 Å². The van der Waals surface area contributed by atoms with Crippen LogP contribution in [0.3, 0.4) is 0 Å². The molecule has 138 valence electrons. The minimum atomic E-state index is -0.537. The van der Waals surface area contributed by atoms with Crippen molar-refractivity contribution in [3.05, 3.63) is 18.2 Å². The van der Waals surface area contributed by atoms with Gasteiger partial charge in [0.15, 0.2) is 0 Å². The largest absolute Gasteiger partial charge is 0.497 e. The molecular formula is C21H32N2O2. The number of hydrogen-bond donors (Lipinski definition) is 3.